The summed E-state index contributed by atoms with van der Waals surface area (Å²) in [5.74, 6) is 1.06. The number of carbonyl (C=O) groups excluding carboxylic acids is 1. The van der Waals surface area contributed by atoms with Gasteiger partial charge in [0.1, 0.15) is 17.8 Å². The maximum atomic E-state index is 11.3. The fourth-order valence-corrected chi connectivity index (χ4v) is 2.43. The Morgan fingerprint density at radius 2 is 2.47 bits per heavy atom. The number of hydrogen-bond donors (Lipinski definition) is 1. The van der Waals surface area contributed by atoms with Crippen LogP contribution in [0.3, 0.4) is 0 Å². The van der Waals surface area contributed by atoms with Gasteiger partial charge in [-0.3, -0.25) is 4.79 Å². The summed E-state index contributed by atoms with van der Waals surface area (Å²) in [6, 6.07) is 5.17. The Morgan fingerprint density at radius 3 is 3.16 bits per heavy atom. The van der Waals surface area contributed by atoms with Crippen molar-refractivity contribution in [1.82, 2.24) is 4.98 Å². The number of pyridine rings is 1. The van der Waals surface area contributed by atoms with E-state index in [0.717, 1.165) is 11.3 Å². The van der Waals surface area contributed by atoms with E-state index >= 15 is 0 Å². The summed E-state index contributed by atoms with van der Waals surface area (Å²) in [4.78, 5) is 15.3. The van der Waals surface area contributed by atoms with E-state index in [0.29, 0.717) is 24.5 Å². The van der Waals surface area contributed by atoms with E-state index in [9.17, 15) is 4.79 Å². The van der Waals surface area contributed by atoms with Crippen molar-refractivity contribution in [3.05, 3.63) is 29.6 Å². The maximum absolute atomic E-state index is 11.3. The zero-order valence-corrected chi connectivity index (χ0v) is 11.7. The van der Waals surface area contributed by atoms with Crippen LogP contribution in [0, 0.1) is 11.3 Å². The molecular formula is C13H17N3O2S. The number of carbonyl (C=O) groups is 1. The van der Waals surface area contributed by atoms with Gasteiger partial charge in [0.2, 0.25) is 0 Å². The summed E-state index contributed by atoms with van der Waals surface area (Å²) >= 11 is 1.62. The van der Waals surface area contributed by atoms with Crippen molar-refractivity contribution in [3.8, 4) is 6.07 Å². The van der Waals surface area contributed by atoms with Gasteiger partial charge in [-0.25, -0.2) is 4.98 Å². The van der Waals surface area contributed by atoms with Crippen LogP contribution in [0.1, 0.15) is 24.6 Å². The number of aromatic nitrogens is 1. The quantitative estimate of drug-likeness (QED) is 0.600. The van der Waals surface area contributed by atoms with E-state index in [2.05, 4.69) is 11.1 Å². The molecule has 1 unspecified atom stereocenters. The highest BCUT2D eigenvalue weighted by Crippen LogP contribution is 2.15. The van der Waals surface area contributed by atoms with Gasteiger partial charge in [-0.2, -0.15) is 17.0 Å². The third kappa shape index (κ3) is 5.28. The van der Waals surface area contributed by atoms with Crippen molar-refractivity contribution in [2.45, 2.75) is 25.1 Å². The Labute approximate surface area is 117 Å². The molecule has 1 rings (SSSR count). The van der Waals surface area contributed by atoms with Gasteiger partial charge in [0, 0.05) is 11.9 Å². The molecule has 19 heavy (non-hydrogen) atoms. The number of esters is 1. The third-order valence-corrected chi connectivity index (χ3v) is 3.46. The summed E-state index contributed by atoms with van der Waals surface area (Å²) in [7, 11) is 0. The maximum Gasteiger partial charge on any atom is 0.322 e. The average Bonchev–Trinajstić information content (AvgIpc) is 2.44. The number of thioether (sulfide) groups is 1. The number of ether oxygens (including phenoxy) is 1. The second-order valence-corrected chi connectivity index (χ2v) is 4.93. The van der Waals surface area contributed by atoms with Crippen molar-refractivity contribution in [2.24, 2.45) is 5.73 Å². The minimum absolute atomic E-state index is 0.348. The van der Waals surface area contributed by atoms with E-state index in [1.165, 1.54) is 0 Å². The molecule has 1 heterocycles. The van der Waals surface area contributed by atoms with Crippen LogP contribution in [0.25, 0.3) is 0 Å². The van der Waals surface area contributed by atoms with Crippen molar-refractivity contribution in [2.75, 3.05) is 12.4 Å². The minimum Gasteiger partial charge on any atom is -0.465 e. The highest BCUT2D eigenvalue weighted by molar-refractivity contribution is 7.98. The molecule has 0 aliphatic rings. The predicted octanol–water partition coefficient (Wildman–Crippen LogP) is 1.47. The first-order valence-electron chi connectivity index (χ1n) is 6.03. The summed E-state index contributed by atoms with van der Waals surface area (Å²) in [6.45, 7) is 2.10. The zero-order valence-electron chi connectivity index (χ0n) is 10.8. The lowest BCUT2D eigenvalue weighted by Crippen LogP contribution is -2.32. The van der Waals surface area contributed by atoms with Crippen LogP contribution >= 0.6 is 11.8 Å². The Bertz CT molecular complexity index is 459. The summed E-state index contributed by atoms with van der Waals surface area (Å²) in [5.41, 5.74) is 7.04. The molecule has 6 heteroatoms. The molecular weight excluding hydrogens is 262 g/mol. The summed E-state index contributed by atoms with van der Waals surface area (Å²) in [6.07, 6.45) is 2.16. The Hall–Kier alpha value is -1.58. The third-order valence-electron chi connectivity index (χ3n) is 2.42. The van der Waals surface area contributed by atoms with E-state index in [-0.39, 0.29) is 5.97 Å². The molecule has 0 amide bonds. The van der Waals surface area contributed by atoms with Gasteiger partial charge in [-0.05, 0) is 30.7 Å². The molecule has 0 saturated heterocycles. The largest absolute Gasteiger partial charge is 0.465 e. The molecule has 0 aliphatic heterocycles. The molecule has 0 spiro atoms. The number of rotatable bonds is 7. The molecule has 102 valence electrons. The molecule has 0 saturated carbocycles. The first kappa shape index (κ1) is 15.5. The molecule has 0 aromatic carbocycles. The van der Waals surface area contributed by atoms with Gasteiger partial charge in [0.25, 0.3) is 0 Å². The lowest BCUT2D eigenvalue weighted by atomic mass is 10.2. The van der Waals surface area contributed by atoms with Crippen LogP contribution in [0.4, 0.5) is 0 Å². The summed E-state index contributed by atoms with van der Waals surface area (Å²) in [5, 5.41) is 8.89. The molecule has 0 radical (unpaired) electrons. The van der Waals surface area contributed by atoms with E-state index < -0.39 is 6.04 Å². The second kappa shape index (κ2) is 8.51. The van der Waals surface area contributed by atoms with E-state index in [1.807, 2.05) is 6.07 Å². The van der Waals surface area contributed by atoms with Crippen LogP contribution in [0.5, 0.6) is 0 Å². The first-order valence-corrected chi connectivity index (χ1v) is 7.18. The van der Waals surface area contributed by atoms with Crippen LogP contribution in [-0.4, -0.2) is 29.4 Å². The normalized spacial score (nSPS) is 11.6. The smallest absolute Gasteiger partial charge is 0.322 e. The predicted molar refractivity (Wildman–Crippen MR) is 74.3 cm³/mol. The Kier molecular flexibility index (Phi) is 6.93. The first-order chi connectivity index (χ1) is 9.19. The molecule has 0 aliphatic carbocycles. The van der Waals surface area contributed by atoms with E-state index in [4.69, 9.17) is 15.7 Å². The van der Waals surface area contributed by atoms with Crippen LogP contribution in [0.15, 0.2) is 18.3 Å². The van der Waals surface area contributed by atoms with Gasteiger partial charge in [-0.1, -0.05) is 6.07 Å². The highest BCUT2D eigenvalue weighted by Gasteiger charge is 2.13. The van der Waals surface area contributed by atoms with Crippen molar-refractivity contribution >= 4 is 17.7 Å². The fourth-order valence-electron chi connectivity index (χ4n) is 1.42. The Morgan fingerprint density at radius 1 is 1.68 bits per heavy atom. The molecule has 1 atom stereocenters. The molecule has 0 bridgehead atoms. The van der Waals surface area contributed by atoms with Crippen molar-refractivity contribution in [3.63, 3.8) is 0 Å². The highest BCUT2D eigenvalue weighted by atomic mass is 32.2. The number of nitrogens with zero attached hydrogens (tertiary/aromatic N) is 2. The van der Waals surface area contributed by atoms with Gasteiger partial charge < -0.3 is 10.5 Å². The molecule has 1 aromatic rings. The molecule has 1 aromatic heterocycles. The number of nitriles is 1. The fraction of sp³-hybridized carbons (Fsp3) is 0.462. The number of hydrogen-bond acceptors (Lipinski definition) is 6. The standard InChI is InChI=1S/C13H17N3O2S/c1-2-18-13(17)11(15)5-7-19-9-10-4-3-6-16-12(10)8-14/h3-4,6,11H,2,5,7,9,15H2,1H3. The van der Waals surface area contributed by atoms with Crippen LogP contribution in [-0.2, 0) is 15.3 Å². The van der Waals surface area contributed by atoms with E-state index in [1.54, 1.807) is 30.9 Å². The lowest BCUT2D eigenvalue weighted by Gasteiger charge is -2.10. The van der Waals surface area contributed by atoms with Gasteiger partial charge >= 0.3 is 5.97 Å². The van der Waals surface area contributed by atoms with Gasteiger partial charge in [0.05, 0.1) is 6.61 Å². The average molecular weight is 279 g/mol. The zero-order chi connectivity index (χ0) is 14.1. The lowest BCUT2D eigenvalue weighted by molar-refractivity contribution is -0.144. The van der Waals surface area contributed by atoms with Crippen molar-refractivity contribution < 1.29 is 9.53 Å². The Balaban J connectivity index is 2.31. The second-order valence-electron chi connectivity index (χ2n) is 3.82. The van der Waals surface area contributed by atoms with Crippen LogP contribution < -0.4 is 5.73 Å². The minimum atomic E-state index is -0.572. The number of nitrogens with two attached hydrogens (primary N) is 1. The summed E-state index contributed by atoms with van der Waals surface area (Å²) < 4.78 is 4.83. The molecule has 0 fully saturated rings. The van der Waals surface area contributed by atoms with Gasteiger partial charge in [-0.15, -0.1) is 0 Å². The van der Waals surface area contributed by atoms with Gasteiger partial charge in [0.15, 0.2) is 0 Å². The van der Waals surface area contributed by atoms with Crippen molar-refractivity contribution in [1.29, 1.82) is 5.26 Å². The molecule has 5 nitrogen and oxygen atoms in total. The monoisotopic (exact) mass is 279 g/mol. The topological polar surface area (TPSA) is 89.0 Å². The molecule has 2 N–H and O–H groups in total. The SMILES string of the molecule is CCOC(=O)C(N)CCSCc1cccnc1C#N. The van der Waals surface area contributed by atoms with Crippen LogP contribution in [0.2, 0.25) is 0 Å².